The number of hydrogen-bond acceptors (Lipinski definition) is 6. The maximum atomic E-state index is 14.2. The summed E-state index contributed by atoms with van der Waals surface area (Å²) < 4.78 is 12.5. The van der Waals surface area contributed by atoms with Crippen LogP contribution in [-0.2, 0) is 23.9 Å². The number of aliphatic hydroxyl groups is 1. The number of allylic oxidation sites excluding steroid dienone is 1. The lowest BCUT2D eigenvalue weighted by atomic mass is 9.73. The summed E-state index contributed by atoms with van der Waals surface area (Å²) in [6, 6.07) is -1.51. The van der Waals surface area contributed by atoms with Crippen LogP contribution in [0.3, 0.4) is 0 Å². The minimum absolute atomic E-state index is 0.0129. The van der Waals surface area contributed by atoms with Gasteiger partial charge in [0.05, 0.1) is 25.2 Å². The highest BCUT2D eigenvalue weighted by Gasteiger charge is 2.75. The molecule has 4 aliphatic heterocycles. The molecular weight excluding hydrogens is 448 g/mol. The fraction of sp³-hybridized carbons (Fsp3) is 0.741. The Kier molecular flexibility index (Phi) is 7.44. The number of ether oxygens (including phenoxy) is 2. The number of esters is 1. The average Bonchev–Trinajstić information content (AvgIpc) is 3.22. The van der Waals surface area contributed by atoms with Crippen LogP contribution in [0.2, 0.25) is 0 Å². The fourth-order valence-corrected chi connectivity index (χ4v) is 6.61. The number of amides is 2. The lowest BCUT2D eigenvalue weighted by Crippen LogP contribution is -2.59. The summed E-state index contributed by atoms with van der Waals surface area (Å²) in [4.78, 5) is 45.3. The van der Waals surface area contributed by atoms with Crippen LogP contribution in [0, 0.1) is 11.8 Å². The smallest absolute Gasteiger partial charge is 0.313 e. The fourth-order valence-electron chi connectivity index (χ4n) is 6.61. The number of hydrogen-bond donors (Lipinski definition) is 1. The Morgan fingerprint density at radius 1 is 1.11 bits per heavy atom. The third-order valence-corrected chi connectivity index (χ3v) is 8.42. The Morgan fingerprint density at radius 2 is 1.89 bits per heavy atom. The first-order valence-corrected chi connectivity index (χ1v) is 13.3. The number of cyclic esters (lactones) is 1. The monoisotopic (exact) mass is 488 g/mol. The summed E-state index contributed by atoms with van der Waals surface area (Å²) in [5, 5.41) is 10.2. The van der Waals surface area contributed by atoms with E-state index in [1.165, 1.54) is 4.90 Å². The first-order chi connectivity index (χ1) is 16.8. The van der Waals surface area contributed by atoms with Crippen molar-refractivity contribution < 1.29 is 29.0 Å². The molecule has 1 spiro atoms. The molecule has 2 unspecified atom stereocenters. The Labute approximate surface area is 208 Å². The van der Waals surface area contributed by atoms with Crippen LogP contribution < -0.4 is 0 Å². The summed E-state index contributed by atoms with van der Waals surface area (Å²) in [6.07, 6.45) is 11.9. The molecule has 0 bridgehead atoms. The largest absolute Gasteiger partial charge is 0.465 e. The van der Waals surface area contributed by atoms with Crippen molar-refractivity contribution in [2.45, 2.75) is 95.5 Å². The molecule has 0 radical (unpaired) electrons. The molecule has 4 rings (SSSR count). The molecule has 2 fully saturated rings. The van der Waals surface area contributed by atoms with E-state index in [4.69, 9.17) is 9.47 Å². The van der Waals surface area contributed by atoms with E-state index in [9.17, 15) is 19.5 Å². The molecule has 2 saturated heterocycles. The summed E-state index contributed by atoms with van der Waals surface area (Å²) >= 11 is 0. The number of nitrogens with zero attached hydrogens (tertiary/aromatic N) is 2. The SMILES string of the molecule is CCCC(C)N1CC=C[C@]23O[C@]4(CC)/C=C\CCCOC(=O)[C@@H]4[C@H]2C(=O)N([C@@H](CC)CO)C3C1=O. The van der Waals surface area contributed by atoms with Crippen molar-refractivity contribution in [1.82, 2.24) is 9.80 Å². The van der Waals surface area contributed by atoms with Crippen LogP contribution in [0.1, 0.15) is 66.2 Å². The van der Waals surface area contributed by atoms with Gasteiger partial charge in [-0.15, -0.1) is 0 Å². The molecular formula is C27H40N2O6. The van der Waals surface area contributed by atoms with Crippen molar-refractivity contribution in [3.05, 3.63) is 24.3 Å². The molecule has 8 heteroatoms. The molecule has 35 heavy (non-hydrogen) atoms. The van der Waals surface area contributed by atoms with Gasteiger partial charge >= 0.3 is 5.97 Å². The normalized spacial score (nSPS) is 37.4. The van der Waals surface area contributed by atoms with Crippen LogP contribution in [0.4, 0.5) is 0 Å². The Morgan fingerprint density at radius 3 is 2.54 bits per heavy atom. The zero-order chi connectivity index (χ0) is 25.4. The second-order valence-corrected chi connectivity index (χ2v) is 10.4. The van der Waals surface area contributed by atoms with Gasteiger partial charge in [-0.1, -0.05) is 51.5 Å². The molecule has 0 aromatic carbocycles. The zero-order valence-corrected chi connectivity index (χ0v) is 21.4. The van der Waals surface area contributed by atoms with Crippen molar-refractivity contribution in [2.75, 3.05) is 19.8 Å². The highest BCUT2D eigenvalue weighted by molar-refractivity contribution is 5.99. The van der Waals surface area contributed by atoms with Gasteiger partial charge < -0.3 is 24.4 Å². The highest BCUT2D eigenvalue weighted by atomic mass is 16.6. The number of carbonyl (C=O) groups is 3. The maximum Gasteiger partial charge on any atom is 0.313 e. The standard InChI is InChI=1S/C27H40N2O6/c1-5-12-18(4)28-15-11-14-27-20(23(31)29(19(6-2)17-30)22(27)24(28)32)21-25(33)34-16-10-8-9-13-26(21,7-3)35-27/h9,11,13-14,18-22,30H,5-8,10,12,15-17H2,1-4H3/b13-9-/t18?,19-,20-,21-,22?,26+,27-/m0/s1. The van der Waals surface area contributed by atoms with Gasteiger partial charge in [0.15, 0.2) is 0 Å². The minimum atomic E-state index is -1.30. The first-order valence-electron chi connectivity index (χ1n) is 13.3. The van der Waals surface area contributed by atoms with Crippen molar-refractivity contribution in [3.8, 4) is 0 Å². The van der Waals surface area contributed by atoms with E-state index in [1.54, 1.807) is 0 Å². The predicted molar refractivity (Wildman–Crippen MR) is 130 cm³/mol. The molecule has 1 N–H and O–H groups in total. The number of fused-ring (bicyclic) bond motifs is 2. The van der Waals surface area contributed by atoms with E-state index in [2.05, 4.69) is 6.92 Å². The molecule has 0 aromatic heterocycles. The van der Waals surface area contributed by atoms with E-state index in [1.807, 2.05) is 50.0 Å². The summed E-state index contributed by atoms with van der Waals surface area (Å²) in [5.74, 6) is -2.72. The number of likely N-dealkylation sites (tertiary alicyclic amines) is 1. The highest BCUT2D eigenvalue weighted by Crippen LogP contribution is 2.58. The third kappa shape index (κ3) is 3.93. The first kappa shape index (κ1) is 25.9. The topological polar surface area (TPSA) is 96.4 Å². The molecule has 0 aliphatic carbocycles. The summed E-state index contributed by atoms with van der Waals surface area (Å²) in [5.41, 5.74) is -2.34. The van der Waals surface area contributed by atoms with Gasteiger partial charge in [0, 0.05) is 12.6 Å². The zero-order valence-electron chi connectivity index (χ0n) is 21.4. The van der Waals surface area contributed by atoms with Gasteiger partial charge in [0.25, 0.3) is 0 Å². The molecule has 7 atom stereocenters. The molecule has 0 saturated carbocycles. The Bertz CT molecular complexity index is 898. The molecule has 4 aliphatic rings. The van der Waals surface area contributed by atoms with E-state index in [0.717, 1.165) is 19.3 Å². The average molecular weight is 489 g/mol. The third-order valence-electron chi connectivity index (χ3n) is 8.42. The van der Waals surface area contributed by atoms with E-state index in [0.29, 0.717) is 25.8 Å². The van der Waals surface area contributed by atoms with Crippen LogP contribution in [0.5, 0.6) is 0 Å². The molecule has 0 aromatic rings. The minimum Gasteiger partial charge on any atom is -0.465 e. The van der Waals surface area contributed by atoms with E-state index >= 15 is 0 Å². The number of aliphatic hydroxyl groups excluding tert-OH is 1. The summed E-state index contributed by atoms with van der Waals surface area (Å²) in [6.45, 7) is 8.36. The number of carbonyl (C=O) groups excluding carboxylic acids is 3. The van der Waals surface area contributed by atoms with Crippen LogP contribution in [0.15, 0.2) is 24.3 Å². The van der Waals surface area contributed by atoms with Crippen LogP contribution in [-0.4, -0.2) is 81.8 Å². The second-order valence-electron chi connectivity index (χ2n) is 10.4. The summed E-state index contributed by atoms with van der Waals surface area (Å²) in [7, 11) is 0. The molecule has 8 nitrogen and oxygen atoms in total. The van der Waals surface area contributed by atoms with Gasteiger partial charge in [-0.25, -0.2) is 0 Å². The van der Waals surface area contributed by atoms with Crippen molar-refractivity contribution in [3.63, 3.8) is 0 Å². The van der Waals surface area contributed by atoms with E-state index < -0.39 is 41.1 Å². The Hall–Kier alpha value is -2.19. The predicted octanol–water partition coefficient (Wildman–Crippen LogP) is 2.60. The van der Waals surface area contributed by atoms with Crippen LogP contribution in [0.25, 0.3) is 0 Å². The molecule has 194 valence electrons. The quantitative estimate of drug-likeness (QED) is 0.437. The second kappa shape index (κ2) is 10.1. The van der Waals surface area contributed by atoms with Crippen LogP contribution >= 0.6 is 0 Å². The van der Waals surface area contributed by atoms with Gasteiger partial charge in [-0.2, -0.15) is 0 Å². The maximum absolute atomic E-state index is 14.2. The lowest BCUT2D eigenvalue weighted by molar-refractivity contribution is -0.163. The van der Waals surface area contributed by atoms with Crippen molar-refractivity contribution in [1.29, 1.82) is 0 Å². The van der Waals surface area contributed by atoms with Gasteiger partial charge in [-0.05, 0) is 39.0 Å². The van der Waals surface area contributed by atoms with E-state index in [-0.39, 0.29) is 31.1 Å². The molecule has 4 heterocycles. The molecule has 2 amide bonds. The van der Waals surface area contributed by atoms with Crippen molar-refractivity contribution in [2.24, 2.45) is 11.8 Å². The van der Waals surface area contributed by atoms with Gasteiger partial charge in [-0.3, -0.25) is 14.4 Å². The Balaban J connectivity index is 1.90. The van der Waals surface area contributed by atoms with Crippen molar-refractivity contribution >= 4 is 17.8 Å². The lowest BCUT2D eigenvalue weighted by Gasteiger charge is -2.41. The van der Waals surface area contributed by atoms with Gasteiger partial charge in [0.1, 0.15) is 23.2 Å². The van der Waals surface area contributed by atoms with Gasteiger partial charge in [0.2, 0.25) is 11.8 Å². The number of rotatable bonds is 7.